The molecular weight excluding hydrogens is 480 g/mol. The zero-order valence-electron chi connectivity index (χ0n) is 21.2. The van der Waals surface area contributed by atoms with E-state index in [9.17, 15) is 0 Å². The molecule has 2 nitrogen and oxygen atoms in total. The van der Waals surface area contributed by atoms with Crippen molar-refractivity contribution in [2.45, 2.75) is 14.7 Å². The topological polar surface area (TPSA) is 20.7 Å². The molecule has 0 aliphatic heterocycles. The number of nitrogens with zero attached hydrogens (tertiary/aromatic N) is 1. The molecule has 0 saturated carbocycles. The second-order valence-corrected chi connectivity index (χ2v) is 13.0. The molecule has 0 fully saturated rings. The van der Waals surface area contributed by atoms with Crippen molar-refractivity contribution in [1.29, 1.82) is 0 Å². The quantitative estimate of drug-likeness (QED) is 0.239. The van der Waals surface area contributed by atoms with Gasteiger partial charge in [0.15, 0.2) is 0 Å². The second kappa shape index (κ2) is 9.13. The Labute approximate surface area is 224 Å². The minimum absolute atomic E-state index is 1.13. The van der Waals surface area contributed by atoms with E-state index in [0.29, 0.717) is 0 Å². The van der Waals surface area contributed by atoms with Gasteiger partial charge in [0.05, 0.1) is 5.52 Å². The lowest BCUT2D eigenvalue weighted by atomic mass is 10.1. The number of rotatable bonds is 5. The Morgan fingerprint density at radius 2 is 1.16 bits per heavy atom. The minimum Gasteiger partial charge on any atom is -0.347 e. The van der Waals surface area contributed by atoms with Crippen LogP contribution in [0.1, 0.15) is 0 Å². The van der Waals surface area contributed by atoms with Crippen molar-refractivity contribution >= 4 is 32.0 Å². The Morgan fingerprint density at radius 3 is 1.92 bits per heavy atom. The van der Waals surface area contributed by atoms with Crippen molar-refractivity contribution < 1.29 is 0 Å². The van der Waals surface area contributed by atoms with Gasteiger partial charge in [-0.25, -0.2) is 0 Å². The number of fused-ring (bicyclic) bond motifs is 3. The van der Waals surface area contributed by atoms with Gasteiger partial charge in [0.25, 0.3) is 0 Å². The van der Waals surface area contributed by atoms with Crippen LogP contribution >= 0.6 is 10.0 Å². The molecule has 0 aliphatic rings. The highest BCUT2D eigenvalue weighted by Crippen LogP contribution is 2.66. The van der Waals surface area contributed by atoms with Crippen LogP contribution in [0.5, 0.6) is 0 Å². The summed E-state index contributed by atoms with van der Waals surface area (Å²) in [6, 6.07) is 50.7. The highest BCUT2D eigenvalue weighted by molar-refractivity contribution is 8.33. The molecule has 0 bridgehead atoms. The van der Waals surface area contributed by atoms with Crippen molar-refractivity contribution in [3.63, 3.8) is 0 Å². The predicted molar refractivity (Wildman–Crippen MR) is 162 cm³/mol. The lowest BCUT2D eigenvalue weighted by Crippen LogP contribution is -2.03. The number of nitrogens with one attached hydrogen (secondary N) is 1. The zero-order valence-corrected chi connectivity index (χ0v) is 22.0. The van der Waals surface area contributed by atoms with Gasteiger partial charge in [0.1, 0.15) is 5.65 Å². The SMILES string of the molecule is CS(c1ccccc1)(c1cccc(-c2ccccc2)c1)c1ccc2c3cc[nH]c3n(-c3ccccc3)c2c1. The molecule has 0 saturated heterocycles. The smallest absolute Gasteiger partial charge is 0.123 e. The molecule has 2 aromatic heterocycles. The number of hydrogen-bond donors (Lipinski definition) is 1. The summed E-state index contributed by atoms with van der Waals surface area (Å²) in [4.78, 5) is 7.55. The number of hydrogen-bond acceptors (Lipinski definition) is 0. The molecule has 0 aliphatic carbocycles. The van der Waals surface area contributed by atoms with Gasteiger partial charge in [0, 0.05) is 27.6 Å². The number of benzene rings is 5. The first-order chi connectivity index (χ1) is 18.7. The van der Waals surface area contributed by atoms with E-state index in [0.717, 1.165) is 11.3 Å². The molecule has 0 spiro atoms. The first kappa shape index (κ1) is 22.7. The first-order valence-electron chi connectivity index (χ1n) is 12.9. The van der Waals surface area contributed by atoms with Crippen LogP contribution in [0.15, 0.2) is 160 Å². The Kier molecular flexibility index (Phi) is 5.45. The average Bonchev–Trinajstić information content (AvgIpc) is 3.59. The fourth-order valence-corrected chi connectivity index (χ4v) is 8.49. The molecule has 7 rings (SSSR count). The maximum Gasteiger partial charge on any atom is 0.123 e. The molecule has 0 amide bonds. The Balaban J connectivity index is 1.49. The highest BCUT2D eigenvalue weighted by atomic mass is 32.3. The molecule has 1 N–H and O–H groups in total. The van der Waals surface area contributed by atoms with Gasteiger partial charge in [0.2, 0.25) is 0 Å². The van der Waals surface area contributed by atoms with E-state index in [4.69, 9.17) is 0 Å². The predicted octanol–water partition coefficient (Wildman–Crippen LogP) is 9.69. The maximum absolute atomic E-state index is 3.49. The zero-order chi connectivity index (χ0) is 25.5. The maximum atomic E-state index is 3.49. The molecule has 1 unspecified atom stereocenters. The fraction of sp³-hybridized carbons (Fsp3) is 0.0286. The molecule has 1 atom stereocenters. The fourth-order valence-electron chi connectivity index (χ4n) is 5.57. The lowest BCUT2D eigenvalue weighted by molar-refractivity contribution is 1.14. The molecule has 38 heavy (non-hydrogen) atoms. The minimum atomic E-state index is -1.54. The normalized spacial score (nSPS) is 13.9. The van der Waals surface area contributed by atoms with E-state index in [2.05, 4.69) is 155 Å². The number of H-pyrrole nitrogens is 1. The summed E-state index contributed by atoms with van der Waals surface area (Å²) in [5.74, 6) is 0. The summed E-state index contributed by atoms with van der Waals surface area (Å²) in [6.45, 7) is 0. The van der Waals surface area contributed by atoms with Crippen molar-refractivity contribution in [1.82, 2.24) is 9.55 Å². The van der Waals surface area contributed by atoms with Crippen LogP contribution in [-0.2, 0) is 0 Å². The number of para-hydroxylation sites is 1. The van der Waals surface area contributed by atoms with Gasteiger partial charge in [-0.05, 0) is 81.8 Å². The summed E-state index contributed by atoms with van der Waals surface area (Å²) in [5, 5.41) is 2.51. The van der Waals surface area contributed by atoms with Crippen LogP contribution in [0.3, 0.4) is 0 Å². The number of aromatic nitrogens is 2. The largest absolute Gasteiger partial charge is 0.347 e. The monoisotopic (exact) mass is 508 g/mol. The van der Waals surface area contributed by atoms with Crippen LogP contribution in [0.4, 0.5) is 0 Å². The van der Waals surface area contributed by atoms with Crippen molar-refractivity contribution in [3.8, 4) is 16.8 Å². The van der Waals surface area contributed by atoms with Crippen LogP contribution < -0.4 is 0 Å². The van der Waals surface area contributed by atoms with E-state index in [1.165, 1.54) is 42.1 Å². The molecule has 184 valence electrons. The van der Waals surface area contributed by atoms with E-state index >= 15 is 0 Å². The molecule has 3 heteroatoms. The van der Waals surface area contributed by atoms with E-state index < -0.39 is 10.0 Å². The standard InChI is InChI=1S/C35H28N2S/c1-38(29-17-9-4-10-18-29,30-19-11-14-27(24-30)26-12-5-2-6-13-26)31-20-21-32-33-22-23-36-35(33)37(34(32)25-31)28-15-7-3-8-16-28/h2-25,36H,1H3. The third-order valence-corrected chi connectivity index (χ3v) is 11.2. The van der Waals surface area contributed by atoms with Crippen molar-refractivity contribution in [2.24, 2.45) is 0 Å². The molecule has 7 aromatic rings. The Morgan fingerprint density at radius 1 is 0.526 bits per heavy atom. The van der Waals surface area contributed by atoms with Gasteiger partial charge < -0.3 is 4.98 Å². The summed E-state index contributed by atoms with van der Waals surface area (Å²) in [7, 11) is -1.54. The van der Waals surface area contributed by atoms with E-state index in [-0.39, 0.29) is 0 Å². The Bertz CT molecular complexity index is 1870. The summed E-state index contributed by atoms with van der Waals surface area (Å²) < 4.78 is 2.36. The Hall–Kier alpha value is -4.47. The average molecular weight is 509 g/mol. The van der Waals surface area contributed by atoms with Gasteiger partial charge >= 0.3 is 0 Å². The van der Waals surface area contributed by atoms with Gasteiger partial charge in [-0.2, -0.15) is 10.0 Å². The lowest BCUT2D eigenvalue weighted by Gasteiger charge is -2.38. The third-order valence-electron chi connectivity index (χ3n) is 7.56. The van der Waals surface area contributed by atoms with Crippen LogP contribution in [-0.4, -0.2) is 15.8 Å². The molecule has 2 heterocycles. The first-order valence-corrected chi connectivity index (χ1v) is 14.9. The van der Waals surface area contributed by atoms with E-state index in [1.807, 2.05) is 6.20 Å². The van der Waals surface area contributed by atoms with Crippen molar-refractivity contribution in [2.75, 3.05) is 6.26 Å². The number of aromatic amines is 1. The van der Waals surface area contributed by atoms with Gasteiger partial charge in [-0.3, -0.25) is 4.57 Å². The third kappa shape index (κ3) is 3.59. The summed E-state index contributed by atoms with van der Waals surface area (Å²) in [5.41, 5.74) is 6.01. The summed E-state index contributed by atoms with van der Waals surface area (Å²) in [6.07, 6.45) is 4.47. The van der Waals surface area contributed by atoms with Crippen LogP contribution in [0.2, 0.25) is 0 Å². The van der Waals surface area contributed by atoms with Gasteiger partial charge in [-0.1, -0.05) is 84.9 Å². The van der Waals surface area contributed by atoms with Crippen LogP contribution in [0.25, 0.3) is 38.8 Å². The van der Waals surface area contributed by atoms with E-state index in [1.54, 1.807) is 0 Å². The molecule has 0 radical (unpaired) electrons. The highest BCUT2D eigenvalue weighted by Gasteiger charge is 2.27. The van der Waals surface area contributed by atoms with Gasteiger partial charge in [-0.15, -0.1) is 0 Å². The molecular formula is C35H28N2S. The second-order valence-electron chi connectivity index (χ2n) is 9.72. The molecule has 5 aromatic carbocycles. The van der Waals surface area contributed by atoms with Crippen molar-refractivity contribution in [3.05, 3.63) is 146 Å². The van der Waals surface area contributed by atoms with Crippen LogP contribution in [0, 0.1) is 0 Å². The summed E-state index contributed by atoms with van der Waals surface area (Å²) >= 11 is 0.